The fourth-order valence-corrected chi connectivity index (χ4v) is 0.860. The van der Waals surface area contributed by atoms with Crippen LogP contribution in [0.25, 0.3) is 0 Å². The normalized spacial score (nSPS) is 11.7. The van der Waals surface area contributed by atoms with Crippen LogP contribution in [-0.2, 0) is 23.8 Å². The van der Waals surface area contributed by atoms with Gasteiger partial charge in [-0.3, -0.25) is 4.79 Å². The van der Waals surface area contributed by atoms with Crippen molar-refractivity contribution >= 4 is 11.9 Å². The molecule has 1 atom stereocenters. The van der Waals surface area contributed by atoms with Crippen molar-refractivity contribution in [3.05, 3.63) is 12.2 Å². The molecule has 5 heteroatoms. The van der Waals surface area contributed by atoms with Gasteiger partial charge in [0.25, 0.3) is 0 Å². The van der Waals surface area contributed by atoms with E-state index in [-0.39, 0.29) is 25.1 Å². The molecular weight excluding hydrogens is 212 g/mol. The van der Waals surface area contributed by atoms with Gasteiger partial charge in [-0.15, -0.1) is 0 Å². The van der Waals surface area contributed by atoms with Crippen LogP contribution in [0.15, 0.2) is 12.2 Å². The van der Waals surface area contributed by atoms with Crippen LogP contribution in [0.4, 0.5) is 0 Å². The van der Waals surface area contributed by atoms with E-state index in [2.05, 4.69) is 6.58 Å². The number of rotatable bonds is 7. The summed E-state index contributed by atoms with van der Waals surface area (Å²) in [4.78, 5) is 22.2. The van der Waals surface area contributed by atoms with Gasteiger partial charge in [0.2, 0.25) is 0 Å². The molecule has 0 saturated heterocycles. The van der Waals surface area contributed by atoms with E-state index in [1.54, 1.807) is 13.8 Å². The van der Waals surface area contributed by atoms with Gasteiger partial charge in [-0.05, 0) is 13.8 Å². The highest BCUT2D eigenvalue weighted by Crippen LogP contribution is 1.99. The summed E-state index contributed by atoms with van der Waals surface area (Å²) in [5, 5.41) is 0. The van der Waals surface area contributed by atoms with Gasteiger partial charge in [0.05, 0.1) is 12.5 Å². The van der Waals surface area contributed by atoms with Crippen LogP contribution in [-0.4, -0.2) is 38.9 Å². The van der Waals surface area contributed by atoms with E-state index in [1.165, 1.54) is 7.11 Å². The van der Waals surface area contributed by atoms with E-state index in [1.807, 2.05) is 0 Å². The van der Waals surface area contributed by atoms with Gasteiger partial charge < -0.3 is 14.2 Å². The van der Waals surface area contributed by atoms with E-state index in [9.17, 15) is 9.59 Å². The fourth-order valence-electron chi connectivity index (χ4n) is 0.860. The zero-order valence-corrected chi connectivity index (χ0v) is 9.95. The molecule has 0 aromatic rings. The van der Waals surface area contributed by atoms with Gasteiger partial charge in [0.15, 0.2) is 0 Å². The maximum absolute atomic E-state index is 11.3. The monoisotopic (exact) mass is 230 g/mol. The lowest BCUT2D eigenvalue weighted by atomic mass is 10.2. The molecule has 0 aliphatic carbocycles. The molecule has 0 radical (unpaired) electrons. The summed E-state index contributed by atoms with van der Waals surface area (Å²) in [5.41, 5.74) is 0.319. The van der Waals surface area contributed by atoms with E-state index >= 15 is 0 Å². The molecule has 0 bridgehead atoms. The van der Waals surface area contributed by atoms with Crippen LogP contribution >= 0.6 is 0 Å². The topological polar surface area (TPSA) is 61.8 Å². The molecule has 5 nitrogen and oxygen atoms in total. The van der Waals surface area contributed by atoms with Crippen molar-refractivity contribution in [3.8, 4) is 0 Å². The van der Waals surface area contributed by atoms with Crippen molar-refractivity contribution in [3.63, 3.8) is 0 Å². The highest BCUT2D eigenvalue weighted by atomic mass is 16.6. The first-order valence-corrected chi connectivity index (χ1v) is 4.97. The number of esters is 2. The van der Waals surface area contributed by atoms with E-state index in [4.69, 9.17) is 14.2 Å². The van der Waals surface area contributed by atoms with Gasteiger partial charge in [-0.1, -0.05) is 6.58 Å². The van der Waals surface area contributed by atoms with Crippen molar-refractivity contribution in [1.29, 1.82) is 0 Å². The standard InChI is InChI=1S/C11H18O5/c1-8(2)10(12)15-5-6-16-11(13)9(3)7-14-4/h9H,1,5-7H2,2-4H3. The summed E-state index contributed by atoms with van der Waals surface area (Å²) in [6, 6.07) is 0. The van der Waals surface area contributed by atoms with E-state index in [0.717, 1.165) is 0 Å². The summed E-state index contributed by atoms with van der Waals surface area (Å²) >= 11 is 0. The second-order valence-corrected chi connectivity index (χ2v) is 3.44. The summed E-state index contributed by atoms with van der Waals surface area (Å²) in [7, 11) is 1.51. The number of methoxy groups -OCH3 is 1. The molecule has 0 aliphatic rings. The summed E-state index contributed by atoms with van der Waals surface area (Å²) in [6.45, 7) is 7.07. The Bertz CT molecular complexity index is 259. The summed E-state index contributed by atoms with van der Waals surface area (Å²) < 4.78 is 14.4. The lowest BCUT2D eigenvalue weighted by Crippen LogP contribution is -2.21. The summed E-state index contributed by atoms with van der Waals surface area (Å²) in [6.07, 6.45) is 0. The highest BCUT2D eigenvalue weighted by molar-refractivity contribution is 5.86. The zero-order chi connectivity index (χ0) is 12.6. The molecule has 0 saturated carbocycles. The fraction of sp³-hybridized carbons (Fsp3) is 0.636. The third-order valence-corrected chi connectivity index (χ3v) is 1.73. The Kier molecular flexibility index (Phi) is 7.20. The predicted octanol–water partition coefficient (Wildman–Crippen LogP) is 0.931. The largest absolute Gasteiger partial charge is 0.462 e. The Morgan fingerprint density at radius 3 is 2.31 bits per heavy atom. The van der Waals surface area contributed by atoms with Crippen molar-refractivity contribution in [2.24, 2.45) is 5.92 Å². The van der Waals surface area contributed by atoms with Crippen LogP contribution < -0.4 is 0 Å². The molecule has 0 aromatic carbocycles. The lowest BCUT2D eigenvalue weighted by molar-refractivity contribution is -0.154. The number of carbonyl (C=O) groups is 2. The molecule has 0 heterocycles. The lowest BCUT2D eigenvalue weighted by Gasteiger charge is -2.10. The Morgan fingerprint density at radius 1 is 1.25 bits per heavy atom. The molecule has 1 unspecified atom stereocenters. The SMILES string of the molecule is C=C(C)C(=O)OCCOC(=O)C(C)COC. The third kappa shape index (κ3) is 6.19. The van der Waals surface area contributed by atoms with Gasteiger partial charge >= 0.3 is 11.9 Å². The number of hydrogen-bond acceptors (Lipinski definition) is 5. The third-order valence-electron chi connectivity index (χ3n) is 1.73. The second-order valence-electron chi connectivity index (χ2n) is 3.44. The van der Waals surface area contributed by atoms with E-state index in [0.29, 0.717) is 12.2 Å². The molecular formula is C11H18O5. The van der Waals surface area contributed by atoms with Crippen LogP contribution in [0.3, 0.4) is 0 Å². The van der Waals surface area contributed by atoms with Crippen LogP contribution in [0.1, 0.15) is 13.8 Å². The van der Waals surface area contributed by atoms with Gasteiger partial charge in [0, 0.05) is 12.7 Å². The minimum atomic E-state index is -0.485. The molecule has 0 aromatic heterocycles. The molecule has 0 aliphatic heterocycles. The second kappa shape index (κ2) is 7.87. The molecule has 92 valence electrons. The van der Waals surface area contributed by atoms with Gasteiger partial charge in [-0.2, -0.15) is 0 Å². The quantitative estimate of drug-likeness (QED) is 0.370. The first kappa shape index (κ1) is 14.6. The Balaban J connectivity index is 3.63. The van der Waals surface area contributed by atoms with E-state index < -0.39 is 5.97 Å². The van der Waals surface area contributed by atoms with Crippen molar-refractivity contribution in [1.82, 2.24) is 0 Å². The maximum Gasteiger partial charge on any atom is 0.333 e. The zero-order valence-electron chi connectivity index (χ0n) is 9.95. The van der Waals surface area contributed by atoms with Crippen molar-refractivity contribution in [2.45, 2.75) is 13.8 Å². The number of carbonyl (C=O) groups excluding carboxylic acids is 2. The molecule has 0 fully saturated rings. The van der Waals surface area contributed by atoms with Crippen LogP contribution in [0, 0.1) is 5.92 Å². The average Bonchev–Trinajstić information content (AvgIpc) is 2.23. The highest BCUT2D eigenvalue weighted by Gasteiger charge is 2.13. The van der Waals surface area contributed by atoms with Gasteiger partial charge in [-0.25, -0.2) is 4.79 Å². The molecule has 0 amide bonds. The predicted molar refractivity (Wildman–Crippen MR) is 57.8 cm³/mol. The molecule has 0 spiro atoms. The first-order valence-electron chi connectivity index (χ1n) is 4.97. The van der Waals surface area contributed by atoms with Crippen molar-refractivity contribution in [2.75, 3.05) is 26.9 Å². The minimum Gasteiger partial charge on any atom is -0.462 e. The van der Waals surface area contributed by atoms with Crippen LogP contribution in [0.5, 0.6) is 0 Å². The minimum absolute atomic E-state index is 0.0388. The van der Waals surface area contributed by atoms with Gasteiger partial charge in [0.1, 0.15) is 13.2 Å². The Morgan fingerprint density at radius 2 is 1.81 bits per heavy atom. The smallest absolute Gasteiger partial charge is 0.333 e. The Labute approximate surface area is 95.4 Å². The van der Waals surface area contributed by atoms with Crippen LogP contribution in [0.2, 0.25) is 0 Å². The molecule has 16 heavy (non-hydrogen) atoms. The summed E-state index contributed by atoms with van der Waals surface area (Å²) in [5.74, 6) is -1.17. The molecule has 0 N–H and O–H groups in total. The number of hydrogen-bond donors (Lipinski definition) is 0. The average molecular weight is 230 g/mol. The van der Waals surface area contributed by atoms with Crippen molar-refractivity contribution < 1.29 is 23.8 Å². The Hall–Kier alpha value is -1.36. The molecule has 0 rings (SSSR count). The maximum atomic E-state index is 11.3. The first-order chi connectivity index (χ1) is 7.49. The number of ether oxygens (including phenoxy) is 3.